The van der Waals surface area contributed by atoms with E-state index in [2.05, 4.69) is 62.3 Å². The second kappa shape index (κ2) is 13.0. The molecule has 6 nitrogen and oxygen atoms in total. The summed E-state index contributed by atoms with van der Waals surface area (Å²) in [7, 11) is 1.41. The molecule has 0 aliphatic rings. The van der Waals surface area contributed by atoms with E-state index in [1.54, 1.807) is 0 Å². The molecule has 0 saturated carbocycles. The number of amides is 2. The molecule has 0 fully saturated rings. The van der Waals surface area contributed by atoms with Crippen LogP contribution in [0.4, 0.5) is 21.9 Å². The van der Waals surface area contributed by atoms with Crippen LogP contribution in [-0.4, -0.2) is 32.2 Å². The molecule has 2 aromatic rings. The van der Waals surface area contributed by atoms with Crippen LogP contribution in [0.3, 0.4) is 0 Å². The highest BCUT2D eigenvalue weighted by Crippen LogP contribution is 2.34. The van der Waals surface area contributed by atoms with Gasteiger partial charge in [-0.15, -0.1) is 0 Å². The van der Waals surface area contributed by atoms with Crippen molar-refractivity contribution in [3.8, 4) is 0 Å². The Bertz CT molecular complexity index is 946. The largest absolute Gasteiger partial charge is 0.469 e. The summed E-state index contributed by atoms with van der Waals surface area (Å²) in [6, 6.07) is 13.6. The second-order valence-corrected chi connectivity index (χ2v) is 9.75. The summed E-state index contributed by atoms with van der Waals surface area (Å²) in [4.78, 5) is 27.3. The van der Waals surface area contributed by atoms with Crippen LogP contribution >= 0.6 is 0 Å². The number of nitrogens with zero attached hydrogens (tertiary/aromatic N) is 1. The Morgan fingerprint density at radius 2 is 1.56 bits per heavy atom. The van der Waals surface area contributed by atoms with Crippen LogP contribution in [0.2, 0.25) is 0 Å². The van der Waals surface area contributed by atoms with Gasteiger partial charge in [-0.25, -0.2) is 4.79 Å². The van der Waals surface area contributed by atoms with Gasteiger partial charge in [0, 0.05) is 18.8 Å². The fourth-order valence-electron chi connectivity index (χ4n) is 4.11. The first-order valence-corrected chi connectivity index (χ1v) is 12.2. The van der Waals surface area contributed by atoms with Gasteiger partial charge in [0.2, 0.25) is 0 Å². The smallest absolute Gasteiger partial charge is 0.323 e. The van der Waals surface area contributed by atoms with Crippen LogP contribution in [0.25, 0.3) is 0 Å². The number of carbonyl (C=O) groups is 2. The first-order valence-electron chi connectivity index (χ1n) is 12.2. The number of urea groups is 1. The van der Waals surface area contributed by atoms with Crippen LogP contribution in [0, 0.1) is 18.8 Å². The molecule has 6 heteroatoms. The first-order chi connectivity index (χ1) is 16.1. The van der Waals surface area contributed by atoms with E-state index < -0.39 is 0 Å². The van der Waals surface area contributed by atoms with E-state index in [4.69, 9.17) is 4.74 Å². The Morgan fingerprint density at radius 1 is 0.941 bits per heavy atom. The van der Waals surface area contributed by atoms with Crippen molar-refractivity contribution in [2.75, 3.05) is 35.7 Å². The zero-order valence-corrected chi connectivity index (χ0v) is 21.8. The summed E-state index contributed by atoms with van der Waals surface area (Å²) in [6.45, 7) is 14.6. The average Bonchev–Trinajstić information content (AvgIpc) is 2.77. The van der Waals surface area contributed by atoms with Gasteiger partial charge >= 0.3 is 12.0 Å². The number of benzene rings is 2. The van der Waals surface area contributed by atoms with Crippen molar-refractivity contribution in [1.82, 2.24) is 0 Å². The Balaban J connectivity index is 2.44. The minimum atomic E-state index is -0.289. The van der Waals surface area contributed by atoms with Gasteiger partial charge in [-0.2, -0.15) is 0 Å². The van der Waals surface area contributed by atoms with Crippen LogP contribution in [0.5, 0.6) is 0 Å². The predicted octanol–water partition coefficient (Wildman–Crippen LogP) is 6.81. The summed E-state index contributed by atoms with van der Waals surface area (Å²) in [5.41, 5.74) is 4.51. The van der Waals surface area contributed by atoms with Crippen LogP contribution in [-0.2, 0) is 9.53 Å². The van der Waals surface area contributed by atoms with Crippen molar-refractivity contribution in [1.29, 1.82) is 0 Å². The zero-order valence-electron chi connectivity index (χ0n) is 21.8. The number of rotatable bonds is 11. The molecule has 1 atom stereocenters. The summed E-state index contributed by atoms with van der Waals surface area (Å²) in [6.07, 6.45) is 1.11. The van der Waals surface area contributed by atoms with E-state index in [0.29, 0.717) is 18.3 Å². The van der Waals surface area contributed by atoms with E-state index in [1.807, 2.05) is 37.3 Å². The van der Waals surface area contributed by atoms with Gasteiger partial charge in [-0.1, -0.05) is 58.9 Å². The number of methoxy groups -OCH3 is 1. The Kier molecular flexibility index (Phi) is 10.4. The van der Waals surface area contributed by atoms with E-state index >= 15 is 0 Å². The van der Waals surface area contributed by atoms with E-state index in [-0.39, 0.29) is 17.9 Å². The van der Waals surface area contributed by atoms with E-state index in [9.17, 15) is 9.59 Å². The number of esters is 1. The number of para-hydroxylation sites is 1. The molecule has 0 radical (unpaired) electrons. The van der Waals surface area contributed by atoms with E-state index in [0.717, 1.165) is 47.7 Å². The molecule has 0 aliphatic heterocycles. The van der Waals surface area contributed by atoms with Crippen molar-refractivity contribution in [2.45, 2.75) is 60.3 Å². The molecule has 0 saturated heterocycles. The number of nitrogens with one attached hydrogen (secondary N) is 2. The lowest BCUT2D eigenvalue weighted by Gasteiger charge is -2.31. The number of carbonyl (C=O) groups excluding carboxylic acids is 2. The number of hydrogen-bond acceptors (Lipinski definition) is 4. The van der Waals surface area contributed by atoms with Crippen molar-refractivity contribution < 1.29 is 14.3 Å². The molecule has 0 aromatic heterocycles. The maximum absolute atomic E-state index is 13.0. The molecule has 2 rings (SSSR count). The number of ether oxygens (including phenoxy) is 1. The molecule has 0 heterocycles. The van der Waals surface area contributed by atoms with Gasteiger partial charge in [0.25, 0.3) is 0 Å². The van der Waals surface area contributed by atoms with Gasteiger partial charge in [0.15, 0.2) is 0 Å². The minimum Gasteiger partial charge on any atom is -0.469 e. The highest BCUT2D eigenvalue weighted by Gasteiger charge is 2.20. The zero-order chi connectivity index (χ0) is 25.3. The van der Waals surface area contributed by atoms with Gasteiger partial charge in [0.05, 0.1) is 24.9 Å². The molecular formula is C28H41N3O3. The fraction of sp³-hybridized carbons (Fsp3) is 0.500. The maximum atomic E-state index is 13.0. The topological polar surface area (TPSA) is 70.7 Å². The van der Waals surface area contributed by atoms with Crippen LogP contribution in [0.1, 0.15) is 64.5 Å². The Hall–Kier alpha value is -3.02. The molecule has 2 amide bonds. The second-order valence-electron chi connectivity index (χ2n) is 9.75. The van der Waals surface area contributed by atoms with Gasteiger partial charge in [-0.3, -0.25) is 4.79 Å². The van der Waals surface area contributed by atoms with Gasteiger partial charge in [0.1, 0.15) is 0 Å². The fourth-order valence-corrected chi connectivity index (χ4v) is 4.11. The number of aryl methyl sites for hydroxylation is 1. The lowest BCUT2D eigenvalue weighted by molar-refractivity contribution is -0.141. The first kappa shape index (κ1) is 27.2. The predicted molar refractivity (Wildman–Crippen MR) is 142 cm³/mol. The van der Waals surface area contributed by atoms with Crippen molar-refractivity contribution in [3.63, 3.8) is 0 Å². The molecule has 186 valence electrons. The normalized spacial score (nSPS) is 11.9. The molecule has 2 N–H and O–H groups in total. The van der Waals surface area contributed by atoms with E-state index in [1.165, 1.54) is 7.11 Å². The summed E-state index contributed by atoms with van der Waals surface area (Å²) in [5.74, 6) is 0.721. The lowest BCUT2D eigenvalue weighted by Crippen LogP contribution is -2.32. The average molecular weight is 468 g/mol. The Labute approximate surface area is 205 Å². The summed E-state index contributed by atoms with van der Waals surface area (Å²) >= 11 is 0. The minimum absolute atomic E-state index is 0.0186. The van der Waals surface area contributed by atoms with Gasteiger partial charge < -0.3 is 20.3 Å². The van der Waals surface area contributed by atoms with Crippen molar-refractivity contribution in [3.05, 3.63) is 53.6 Å². The van der Waals surface area contributed by atoms with Crippen molar-refractivity contribution in [2.24, 2.45) is 11.8 Å². The Morgan fingerprint density at radius 3 is 2.12 bits per heavy atom. The number of hydrogen-bond donors (Lipinski definition) is 2. The molecule has 0 spiro atoms. The third-order valence-corrected chi connectivity index (χ3v) is 5.78. The molecule has 34 heavy (non-hydrogen) atoms. The third kappa shape index (κ3) is 8.08. The third-order valence-electron chi connectivity index (χ3n) is 5.78. The summed E-state index contributed by atoms with van der Waals surface area (Å²) in [5, 5.41) is 6.06. The lowest BCUT2D eigenvalue weighted by atomic mass is 9.92. The van der Waals surface area contributed by atoms with Crippen LogP contribution in [0.15, 0.2) is 42.5 Å². The monoisotopic (exact) mass is 467 g/mol. The molecular weight excluding hydrogens is 426 g/mol. The molecule has 1 unspecified atom stereocenters. The van der Waals surface area contributed by atoms with Gasteiger partial charge in [-0.05, 0) is 60.4 Å². The quantitative estimate of drug-likeness (QED) is 0.356. The van der Waals surface area contributed by atoms with Crippen molar-refractivity contribution >= 4 is 29.1 Å². The highest BCUT2D eigenvalue weighted by molar-refractivity contribution is 6.02. The maximum Gasteiger partial charge on any atom is 0.323 e. The highest BCUT2D eigenvalue weighted by atomic mass is 16.5. The standard InChI is InChI=1S/C28H41N3O3/c1-8-22(16-27(32)34-7)23-13-14-26(31(17-19(2)3)18-20(4)5)25(15-23)30-28(33)29-24-12-10-9-11-21(24)6/h9-15,19-20,22H,8,16-18H2,1-7H3,(H2,29,30,33). The number of anilines is 3. The van der Waals surface area contributed by atoms with Crippen LogP contribution < -0.4 is 15.5 Å². The molecule has 0 bridgehead atoms. The SMILES string of the molecule is CCC(CC(=O)OC)c1ccc(N(CC(C)C)CC(C)C)c(NC(=O)Nc2ccccc2C)c1. The molecule has 2 aromatic carbocycles. The summed E-state index contributed by atoms with van der Waals surface area (Å²) < 4.78 is 4.90. The molecule has 0 aliphatic carbocycles.